The topological polar surface area (TPSA) is 68.4 Å². The zero-order valence-corrected chi connectivity index (χ0v) is 7.92. The van der Waals surface area contributed by atoms with Gasteiger partial charge in [-0.15, -0.1) is 13.2 Å². The molecule has 0 saturated heterocycles. The van der Waals surface area contributed by atoms with Gasteiger partial charge < -0.3 is 14.5 Å². The molecular formula is C8H6F3NO4. The van der Waals surface area contributed by atoms with E-state index in [9.17, 15) is 22.8 Å². The zero-order chi connectivity index (χ0) is 12.3. The van der Waals surface area contributed by atoms with Gasteiger partial charge in [-0.2, -0.15) is 0 Å². The molecule has 88 valence electrons. The molecule has 1 aromatic rings. The van der Waals surface area contributed by atoms with Gasteiger partial charge in [0.2, 0.25) is 5.75 Å². The van der Waals surface area contributed by atoms with Crippen molar-refractivity contribution in [3.05, 3.63) is 22.1 Å². The number of H-pyrrole nitrogens is 1. The number of ether oxygens (including phenoxy) is 2. The number of aldehydes is 1. The summed E-state index contributed by atoms with van der Waals surface area (Å²) in [4.78, 5) is 23.5. The van der Waals surface area contributed by atoms with E-state index in [0.717, 1.165) is 13.3 Å². The highest BCUT2D eigenvalue weighted by atomic mass is 19.4. The van der Waals surface area contributed by atoms with Crippen LogP contribution in [0.3, 0.4) is 0 Å². The number of halogens is 3. The highest BCUT2D eigenvalue weighted by Crippen LogP contribution is 2.30. The number of hydrogen-bond acceptors (Lipinski definition) is 4. The van der Waals surface area contributed by atoms with Crippen LogP contribution >= 0.6 is 0 Å². The van der Waals surface area contributed by atoms with Crippen LogP contribution in [0.15, 0.2) is 11.0 Å². The maximum atomic E-state index is 12.0. The van der Waals surface area contributed by atoms with E-state index in [1.807, 2.05) is 4.98 Å². The molecule has 0 unspecified atom stereocenters. The first-order valence-corrected chi connectivity index (χ1v) is 3.89. The van der Waals surface area contributed by atoms with Gasteiger partial charge in [-0.1, -0.05) is 0 Å². The molecule has 0 saturated carbocycles. The Bertz CT molecular complexity index is 452. The Balaban J connectivity index is 3.35. The highest BCUT2D eigenvalue weighted by Gasteiger charge is 2.34. The summed E-state index contributed by atoms with van der Waals surface area (Å²) in [5.41, 5.74) is -1.39. The Morgan fingerprint density at radius 1 is 1.38 bits per heavy atom. The molecular weight excluding hydrogens is 231 g/mol. The van der Waals surface area contributed by atoms with Gasteiger partial charge in [0.25, 0.3) is 5.56 Å². The van der Waals surface area contributed by atoms with Crippen LogP contribution in [-0.4, -0.2) is 24.7 Å². The molecule has 0 aliphatic rings. The van der Waals surface area contributed by atoms with Crippen molar-refractivity contribution >= 4 is 6.29 Å². The van der Waals surface area contributed by atoms with Crippen molar-refractivity contribution in [1.29, 1.82) is 0 Å². The molecule has 1 N–H and O–H groups in total. The van der Waals surface area contributed by atoms with Crippen molar-refractivity contribution in [2.75, 3.05) is 7.11 Å². The third-order valence-electron chi connectivity index (χ3n) is 1.58. The van der Waals surface area contributed by atoms with E-state index in [0.29, 0.717) is 0 Å². The van der Waals surface area contributed by atoms with Crippen molar-refractivity contribution in [3.8, 4) is 11.5 Å². The number of carbonyl (C=O) groups excluding carboxylic acids is 1. The first kappa shape index (κ1) is 12.1. The number of aromatic nitrogens is 1. The summed E-state index contributed by atoms with van der Waals surface area (Å²) in [5, 5.41) is 0. The van der Waals surface area contributed by atoms with Crippen LogP contribution in [-0.2, 0) is 0 Å². The van der Waals surface area contributed by atoms with Crippen molar-refractivity contribution in [1.82, 2.24) is 4.98 Å². The van der Waals surface area contributed by atoms with E-state index in [-0.39, 0.29) is 11.8 Å². The van der Waals surface area contributed by atoms with Crippen molar-refractivity contribution in [2.24, 2.45) is 0 Å². The summed E-state index contributed by atoms with van der Waals surface area (Å²) in [7, 11) is 1.02. The van der Waals surface area contributed by atoms with Gasteiger partial charge >= 0.3 is 6.36 Å². The first-order valence-electron chi connectivity index (χ1n) is 3.89. The summed E-state index contributed by atoms with van der Waals surface area (Å²) < 4.78 is 43.9. The van der Waals surface area contributed by atoms with Gasteiger partial charge in [-0.05, 0) is 0 Å². The Labute approximate surface area is 86.8 Å². The maximum absolute atomic E-state index is 12.0. The second kappa shape index (κ2) is 4.25. The largest absolute Gasteiger partial charge is 0.573 e. The van der Waals surface area contributed by atoms with Crippen LogP contribution in [0, 0.1) is 0 Å². The maximum Gasteiger partial charge on any atom is 0.573 e. The molecule has 0 amide bonds. The molecule has 0 atom stereocenters. The molecule has 0 radical (unpaired) electrons. The quantitative estimate of drug-likeness (QED) is 0.799. The summed E-state index contributed by atoms with van der Waals surface area (Å²) in [5.74, 6) is -1.66. The van der Waals surface area contributed by atoms with Gasteiger partial charge in [-0.3, -0.25) is 9.59 Å². The molecule has 0 spiro atoms. The second-order valence-corrected chi connectivity index (χ2v) is 2.60. The smallest absolute Gasteiger partial charge is 0.492 e. The van der Waals surface area contributed by atoms with E-state index in [4.69, 9.17) is 0 Å². The van der Waals surface area contributed by atoms with Gasteiger partial charge in [0.1, 0.15) is 0 Å². The van der Waals surface area contributed by atoms with Crippen LogP contribution in [0.2, 0.25) is 0 Å². The Hall–Kier alpha value is -1.99. The fourth-order valence-electron chi connectivity index (χ4n) is 1.02. The predicted octanol–water partition coefficient (Wildman–Crippen LogP) is 1.09. The number of methoxy groups -OCH3 is 1. The van der Waals surface area contributed by atoms with E-state index in [2.05, 4.69) is 9.47 Å². The number of carbonyl (C=O) groups is 1. The van der Waals surface area contributed by atoms with E-state index in [1.165, 1.54) is 0 Å². The average molecular weight is 237 g/mol. The third-order valence-corrected chi connectivity index (χ3v) is 1.58. The number of nitrogens with one attached hydrogen (secondary N) is 1. The standard InChI is InChI=1S/C8H6F3NO4/c1-15-5-4(3-13)2-12-7(14)6(5)16-8(9,10)11/h2-3H,1H3,(H,12,14). The van der Waals surface area contributed by atoms with Gasteiger partial charge in [0.05, 0.1) is 12.7 Å². The normalized spacial score (nSPS) is 11.0. The molecule has 16 heavy (non-hydrogen) atoms. The van der Waals surface area contributed by atoms with Gasteiger partial charge in [-0.25, -0.2) is 0 Å². The lowest BCUT2D eigenvalue weighted by Crippen LogP contribution is -2.23. The van der Waals surface area contributed by atoms with Crippen molar-refractivity contribution < 1.29 is 27.4 Å². The molecule has 5 nitrogen and oxygen atoms in total. The minimum Gasteiger partial charge on any atom is -0.492 e. The van der Waals surface area contributed by atoms with E-state index < -0.39 is 23.4 Å². The average Bonchev–Trinajstić information content (AvgIpc) is 2.19. The van der Waals surface area contributed by atoms with E-state index in [1.54, 1.807) is 0 Å². The molecule has 0 aliphatic carbocycles. The summed E-state index contributed by atoms with van der Waals surface area (Å²) in [6.45, 7) is 0. The summed E-state index contributed by atoms with van der Waals surface area (Å²) in [6.07, 6.45) is -3.88. The van der Waals surface area contributed by atoms with E-state index >= 15 is 0 Å². The zero-order valence-electron chi connectivity index (χ0n) is 7.92. The van der Waals surface area contributed by atoms with Crippen molar-refractivity contribution in [2.45, 2.75) is 6.36 Å². The molecule has 8 heteroatoms. The molecule has 0 aliphatic heterocycles. The molecule has 0 aromatic carbocycles. The Kier molecular flexibility index (Phi) is 3.21. The molecule has 0 fully saturated rings. The number of aromatic amines is 1. The molecule has 1 aromatic heterocycles. The van der Waals surface area contributed by atoms with Gasteiger partial charge in [0.15, 0.2) is 12.0 Å². The Morgan fingerprint density at radius 2 is 2.00 bits per heavy atom. The second-order valence-electron chi connectivity index (χ2n) is 2.60. The minimum atomic E-state index is -5.04. The van der Waals surface area contributed by atoms with Crippen LogP contribution in [0.1, 0.15) is 10.4 Å². The highest BCUT2D eigenvalue weighted by molar-refractivity contribution is 5.80. The number of pyridine rings is 1. The minimum absolute atomic E-state index is 0.234. The number of hydrogen-bond donors (Lipinski definition) is 1. The lowest BCUT2D eigenvalue weighted by Gasteiger charge is -2.12. The lowest BCUT2D eigenvalue weighted by molar-refractivity contribution is -0.275. The summed E-state index contributed by atoms with van der Waals surface area (Å²) in [6, 6.07) is 0. The Morgan fingerprint density at radius 3 is 2.44 bits per heavy atom. The fourth-order valence-corrected chi connectivity index (χ4v) is 1.02. The molecule has 1 heterocycles. The third kappa shape index (κ3) is 2.53. The lowest BCUT2D eigenvalue weighted by atomic mass is 10.2. The SMILES string of the molecule is COc1c(C=O)c[nH]c(=O)c1OC(F)(F)F. The fraction of sp³-hybridized carbons (Fsp3) is 0.250. The summed E-state index contributed by atoms with van der Waals surface area (Å²) >= 11 is 0. The van der Waals surface area contributed by atoms with Gasteiger partial charge in [0, 0.05) is 6.20 Å². The predicted molar refractivity (Wildman–Crippen MR) is 45.7 cm³/mol. The number of alkyl halides is 3. The number of rotatable bonds is 3. The molecule has 1 rings (SSSR count). The van der Waals surface area contributed by atoms with Crippen LogP contribution < -0.4 is 15.0 Å². The monoisotopic (exact) mass is 237 g/mol. The van der Waals surface area contributed by atoms with Crippen LogP contribution in [0.4, 0.5) is 13.2 Å². The van der Waals surface area contributed by atoms with Crippen LogP contribution in [0.25, 0.3) is 0 Å². The van der Waals surface area contributed by atoms with Crippen molar-refractivity contribution in [3.63, 3.8) is 0 Å². The molecule has 0 bridgehead atoms. The first-order chi connectivity index (χ1) is 7.39. The van der Waals surface area contributed by atoms with Crippen LogP contribution in [0.5, 0.6) is 11.5 Å².